The zero-order valence-corrected chi connectivity index (χ0v) is 25.3. The van der Waals surface area contributed by atoms with Gasteiger partial charge in [-0.05, 0) is 101 Å². The molecule has 2 aromatic carbocycles. The van der Waals surface area contributed by atoms with Crippen LogP contribution in [0.5, 0.6) is 5.75 Å². The van der Waals surface area contributed by atoms with Crippen molar-refractivity contribution in [2.24, 2.45) is 5.92 Å². The number of ether oxygens (including phenoxy) is 3. The molecule has 1 N–H and O–H groups in total. The predicted octanol–water partition coefficient (Wildman–Crippen LogP) is 5.77. The summed E-state index contributed by atoms with van der Waals surface area (Å²) in [6, 6.07) is 16.9. The molecule has 0 radical (unpaired) electrons. The molecule has 0 bridgehead atoms. The number of aryl methyl sites for hydroxylation is 2. The molecule has 5 rings (SSSR count). The standard InChI is InChI=1S/C34H43N3O4/c1-22-10-11-30(40-21-24-17-23(2)28-19-35-14-12-25(28)18-24)27(16-22)29-8-7-9-32(36-29)37-15-13-26(31(20-37)39-6)33(38)41-34(3,4)5/h7-11,16-18,26,31,35H,12-15,19-21H2,1-6H3/t26-,31+/m0/s1. The number of fused-ring (bicyclic) bond motifs is 1. The zero-order chi connectivity index (χ0) is 29.1. The average Bonchev–Trinajstić information content (AvgIpc) is 2.95. The molecule has 0 spiro atoms. The maximum atomic E-state index is 12.8. The Bertz CT molecular complexity index is 1400. The number of hydrogen-bond acceptors (Lipinski definition) is 7. The van der Waals surface area contributed by atoms with E-state index < -0.39 is 5.60 Å². The second-order valence-corrected chi connectivity index (χ2v) is 12.3. The quantitative estimate of drug-likeness (QED) is 0.370. The molecule has 218 valence electrons. The Labute approximate surface area is 244 Å². The molecule has 1 saturated heterocycles. The fourth-order valence-corrected chi connectivity index (χ4v) is 5.86. The van der Waals surface area contributed by atoms with E-state index in [1.54, 1.807) is 7.11 Å². The van der Waals surface area contributed by atoms with Gasteiger partial charge in [0, 0.05) is 32.3 Å². The van der Waals surface area contributed by atoms with Crippen molar-refractivity contribution in [3.05, 3.63) is 76.3 Å². The van der Waals surface area contributed by atoms with E-state index in [2.05, 4.69) is 48.3 Å². The van der Waals surface area contributed by atoms with Gasteiger partial charge in [0.05, 0.1) is 17.7 Å². The molecule has 1 aromatic heterocycles. The summed E-state index contributed by atoms with van der Waals surface area (Å²) in [5, 5.41) is 3.47. The first kappa shape index (κ1) is 29.1. The molecule has 7 heteroatoms. The van der Waals surface area contributed by atoms with Gasteiger partial charge < -0.3 is 24.4 Å². The van der Waals surface area contributed by atoms with Crippen molar-refractivity contribution in [1.82, 2.24) is 10.3 Å². The largest absolute Gasteiger partial charge is 0.488 e. The molecular weight excluding hydrogens is 514 g/mol. The van der Waals surface area contributed by atoms with Gasteiger partial charge in [0.2, 0.25) is 0 Å². The number of esters is 1. The summed E-state index contributed by atoms with van der Waals surface area (Å²) in [7, 11) is 1.66. The molecule has 1 fully saturated rings. The van der Waals surface area contributed by atoms with Gasteiger partial charge >= 0.3 is 5.97 Å². The van der Waals surface area contributed by atoms with Gasteiger partial charge in [-0.3, -0.25) is 4.79 Å². The first-order valence-electron chi connectivity index (χ1n) is 14.6. The molecule has 41 heavy (non-hydrogen) atoms. The van der Waals surface area contributed by atoms with E-state index in [-0.39, 0.29) is 18.0 Å². The Balaban J connectivity index is 1.34. The highest BCUT2D eigenvalue weighted by Gasteiger charge is 2.37. The molecule has 0 saturated carbocycles. The maximum absolute atomic E-state index is 12.8. The number of nitrogens with zero attached hydrogens (tertiary/aromatic N) is 2. The number of carbonyl (C=O) groups is 1. The summed E-state index contributed by atoms with van der Waals surface area (Å²) in [5.41, 5.74) is 7.80. The van der Waals surface area contributed by atoms with Gasteiger partial charge in [-0.2, -0.15) is 0 Å². The minimum absolute atomic E-state index is 0.196. The lowest BCUT2D eigenvalue weighted by Crippen LogP contribution is -2.49. The summed E-state index contributed by atoms with van der Waals surface area (Å²) in [6.45, 7) is 13.7. The molecule has 3 heterocycles. The third-order valence-electron chi connectivity index (χ3n) is 7.93. The van der Waals surface area contributed by atoms with Crippen molar-refractivity contribution in [3.8, 4) is 17.0 Å². The monoisotopic (exact) mass is 557 g/mol. The van der Waals surface area contributed by atoms with E-state index >= 15 is 0 Å². The van der Waals surface area contributed by atoms with Crippen LogP contribution in [-0.4, -0.2) is 49.4 Å². The van der Waals surface area contributed by atoms with Gasteiger partial charge in [0.25, 0.3) is 0 Å². The average molecular weight is 558 g/mol. The van der Waals surface area contributed by atoms with Crippen molar-refractivity contribution in [3.63, 3.8) is 0 Å². The lowest BCUT2D eigenvalue weighted by molar-refractivity contribution is -0.165. The van der Waals surface area contributed by atoms with Crippen molar-refractivity contribution in [2.45, 2.75) is 72.3 Å². The van der Waals surface area contributed by atoms with Crippen LogP contribution in [0, 0.1) is 19.8 Å². The smallest absolute Gasteiger partial charge is 0.312 e. The second kappa shape index (κ2) is 12.2. The molecular formula is C34H43N3O4. The van der Waals surface area contributed by atoms with E-state index in [0.717, 1.165) is 47.9 Å². The van der Waals surface area contributed by atoms with Crippen molar-refractivity contribution < 1.29 is 19.0 Å². The van der Waals surface area contributed by atoms with Crippen molar-refractivity contribution >= 4 is 11.8 Å². The van der Waals surface area contributed by atoms with Crippen LogP contribution in [0.2, 0.25) is 0 Å². The Morgan fingerprint density at radius 3 is 2.73 bits per heavy atom. The first-order chi connectivity index (χ1) is 19.6. The first-order valence-corrected chi connectivity index (χ1v) is 14.6. The van der Waals surface area contributed by atoms with E-state index in [4.69, 9.17) is 19.2 Å². The molecule has 2 aliphatic heterocycles. The Hall–Kier alpha value is -3.42. The van der Waals surface area contributed by atoms with Crippen LogP contribution in [-0.2, 0) is 33.8 Å². The summed E-state index contributed by atoms with van der Waals surface area (Å²) in [4.78, 5) is 20.1. The highest BCUT2D eigenvalue weighted by molar-refractivity contribution is 5.74. The number of nitrogens with one attached hydrogen (secondary N) is 1. The third kappa shape index (κ3) is 6.91. The second-order valence-electron chi connectivity index (χ2n) is 12.3. The summed E-state index contributed by atoms with van der Waals surface area (Å²) in [6.07, 6.45) is 1.43. The number of carbonyl (C=O) groups excluding carboxylic acids is 1. The van der Waals surface area contributed by atoms with Crippen molar-refractivity contribution in [1.29, 1.82) is 0 Å². The molecule has 2 atom stereocenters. The molecule has 2 aliphatic rings. The number of pyridine rings is 1. The molecule has 0 aliphatic carbocycles. The highest BCUT2D eigenvalue weighted by Crippen LogP contribution is 2.33. The van der Waals surface area contributed by atoms with Crippen LogP contribution in [0.4, 0.5) is 5.82 Å². The highest BCUT2D eigenvalue weighted by atomic mass is 16.6. The molecule has 7 nitrogen and oxygen atoms in total. The van der Waals surface area contributed by atoms with Gasteiger partial charge in [-0.15, -0.1) is 0 Å². The van der Waals surface area contributed by atoms with Crippen LogP contribution in [0.25, 0.3) is 11.3 Å². The summed E-state index contributed by atoms with van der Waals surface area (Å²) in [5.74, 6) is 1.19. The number of benzene rings is 2. The Morgan fingerprint density at radius 1 is 1.12 bits per heavy atom. The number of piperidine rings is 1. The van der Waals surface area contributed by atoms with Crippen LogP contribution < -0.4 is 15.0 Å². The SMILES string of the molecule is CO[C@@H]1CN(c2cccc(-c3cc(C)ccc3OCc3cc(C)c4c(c3)CCNC4)n2)CC[C@@H]1C(=O)OC(C)(C)C. The van der Waals surface area contributed by atoms with E-state index in [9.17, 15) is 4.79 Å². The minimum atomic E-state index is -0.522. The lowest BCUT2D eigenvalue weighted by Gasteiger charge is -2.38. The van der Waals surface area contributed by atoms with Gasteiger partial charge in [0.1, 0.15) is 23.8 Å². The molecule has 0 unspecified atom stereocenters. The fourth-order valence-electron chi connectivity index (χ4n) is 5.86. The van der Waals surface area contributed by atoms with Gasteiger partial charge in [-0.1, -0.05) is 29.8 Å². The lowest BCUT2D eigenvalue weighted by atomic mass is 9.93. The summed E-state index contributed by atoms with van der Waals surface area (Å²) < 4.78 is 17.9. The van der Waals surface area contributed by atoms with Gasteiger partial charge in [-0.25, -0.2) is 4.98 Å². The minimum Gasteiger partial charge on any atom is -0.488 e. The molecule has 0 amide bonds. The van der Waals surface area contributed by atoms with E-state index in [1.807, 2.05) is 45.0 Å². The zero-order valence-electron chi connectivity index (χ0n) is 25.3. The fraction of sp³-hybridized carbons (Fsp3) is 0.471. The van der Waals surface area contributed by atoms with Crippen LogP contribution in [0.1, 0.15) is 55.0 Å². The van der Waals surface area contributed by atoms with E-state index in [0.29, 0.717) is 26.1 Å². The number of hydrogen-bond donors (Lipinski definition) is 1. The Kier molecular flexibility index (Phi) is 8.66. The third-order valence-corrected chi connectivity index (χ3v) is 7.93. The van der Waals surface area contributed by atoms with Gasteiger partial charge in [0.15, 0.2) is 0 Å². The number of methoxy groups -OCH3 is 1. The molecule has 3 aromatic rings. The number of rotatable bonds is 7. The number of aromatic nitrogens is 1. The maximum Gasteiger partial charge on any atom is 0.312 e. The number of anilines is 1. The van der Waals surface area contributed by atoms with E-state index in [1.165, 1.54) is 22.3 Å². The summed E-state index contributed by atoms with van der Waals surface area (Å²) >= 11 is 0. The normalized spacial score (nSPS) is 19.0. The topological polar surface area (TPSA) is 72.9 Å². The van der Waals surface area contributed by atoms with Crippen LogP contribution in [0.3, 0.4) is 0 Å². The van der Waals surface area contributed by atoms with Crippen LogP contribution >= 0.6 is 0 Å². The van der Waals surface area contributed by atoms with Crippen LogP contribution in [0.15, 0.2) is 48.5 Å². The van der Waals surface area contributed by atoms with Crippen molar-refractivity contribution in [2.75, 3.05) is 31.6 Å². The Morgan fingerprint density at radius 2 is 1.95 bits per heavy atom. The predicted molar refractivity (Wildman–Crippen MR) is 162 cm³/mol.